The zero-order valence-electron chi connectivity index (χ0n) is 15.9. The van der Waals surface area contributed by atoms with E-state index in [0.29, 0.717) is 13.1 Å². The number of hydrogen-bond donors (Lipinski definition) is 0. The Bertz CT molecular complexity index is 907. The van der Waals surface area contributed by atoms with Crippen molar-refractivity contribution in [3.05, 3.63) is 64.7 Å². The minimum absolute atomic E-state index is 0.132. The van der Waals surface area contributed by atoms with Crippen molar-refractivity contribution in [1.29, 1.82) is 0 Å². The number of carbonyl (C=O) groups excluding carboxylic acids is 2. The van der Waals surface area contributed by atoms with Crippen LogP contribution in [0.2, 0.25) is 0 Å². The summed E-state index contributed by atoms with van der Waals surface area (Å²) in [6.45, 7) is 6.23. The topological polar surface area (TPSA) is 40.6 Å². The molecule has 0 radical (unpaired) electrons. The van der Waals surface area contributed by atoms with Crippen LogP contribution < -0.4 is 4.90 Å². The Hall–Kier alpha value is -2.83. The lowest BCUT2D eigenvalue weighted by Crippen LogP contribution is -2.57. The Kier molecular flexibility index (Phi) is 5.19. The van der Waals surface area contributed by atoms with Gasteiger partial charge in [0.25, 0.3) is 5.91 Å². The first kappa shape index (κ1) is 19.9. The normalized spacial score (nSPS) is 17.8. The third-order valence-electron chi connectivity index (χ3n) is 5.18. The lowest BCUT2D eigenvalue weighted by Gasteiger charge is -2.39. The molecule has 1 heterocycles. The first-order chi connectivity index (χ1) is 13.1. The summed E-state index contributed by atoms with van der Waals surface area (Å²) in [6.07, 6.45) is -4.46. The van der Waals surface area contributed by atoms with Crippen molar-refractivity contribution < 1.29 is 22.8 Å². The molecule has 1 saturated heterocycles. The largest absolute Gasteiger partial charge is 0.416 e. The highest BCUT2D eigenvalue weighted by molar-refractivity contribution is 6.03. The van der Waals surface area contributed by atoms with Gasteiger partial charge in [-0.25, -0.2) is 0 Å². The van der Waals surface area contributed by atoms with Crippen molar-refractivity contribution in [2.45, 2.75) is 33.0 Å². The average molecular weight is 390 g/mol. The molecule has 1 aliphatic rings. The second-order valence-corrected chi connectivity index (χ2v) is 7.01. The molecule has 2 aromatic rings. The second-order valence-electron chi connectivity index (χ2n) is 7.01. The number of benzene rings is 2. The molecule has 0 spiro atoms. The molecule has 2 aromatic carbocycles. The van der Waals surface area contributed by atoms with Gasteiger partial charge in [0.15, 0.2) is 0 Å². The van der Waals surface area contributed by atoms with Crippen LogP contribution in [-0.2, 0) is 11.0 Å². The molecule has 1 fully saturated rings. The molecule has 28 heavy (non-hydrogen) atoms. The highest BCUT2D eigenvalue weighted by Crippen LogP contribution is 2.30. The maximum atomic E-state index is 12.8. The van der Waals surface area contributed by atoms with Crippen LogP contribution >= 0.6 is 0 Å². The Morgan fingerprint density at radius 2 is 1.64 bits per heavy atom. The predicted octanol–water partition coefficient (Wildman–Crippen LogP) is 4.20. The molecule has 0 aliphatic carbocycles. The van der Waals surface area contributed by atoms with Crippen molar-refractivity contribution in [2.24, 2.45) is 0 Å². The molecular formula is C21H21F3N2O2. The molecule has 1 atom stereocenters. The highest BCUT2D eigenvalue weighted by Gasteiger charge is 2.36. The van der Waals surface area contributed by atoms with E-state index < -0.39 is 23.7 Å². The maximum absolute atomic E-state index is 12.8. The van der Waals surface area contributed by atoms with Crippen molar-refractivity contribution in [2.75, 3.05) is 18.0 Å². The number of rotatable bonds is 2. The lowest BCUT2D eigenvalue weighted by atomic mass is 10.1. The van der Waals surface area contributed by atoms with Gasteiger partial charge in [-0.15, -0.1) is 0 Å². The Labute approximate surface area is 161 Å². The fraction of sp³-hybridized carbons (Fsp3) is 0.333. The smallest absolute Gasteiger partial charge is 0.325 e. The molecule has 1 unspecified atom stereocenters. The maximum Gasteiger partial charge on any atom is 0.416 e. The summed E-state index contributed by atoms with van der Waals surface area (Å²) in [7, 11) is 0. The van der Waals surface area contributed by atoms with Gasteiger partial charge < -0.3 is 9.80 Å². The lowest BCUT2D eigenvalue weighted by molar-refractivity contribution is -0.137. The van der Waals surface area contributed by atoms with Gasteiger partial charge in [-0.05, 0) is 68.3 Å². The number of carbonyl (C=O) groups is 2. The minimum Gasteiger partial charge on any atom is -0.325 e. The van der Waals surface area contributed by atoms with Crippen molar-refractivity contribution in [1.82, 2.24) is 4.90 Å². The van der Waals surface area contributed by atoms with Crippen molar-refractivity contribution in [3.8, 4) is 0 Å². The molecule has 0 aromatic heterocycles. The quantitative estimate of drug-likeness (QED) is 0.771. The minimum atomic E-state index is -4.46. The van der Waals surface area contributed by atoms with Crippen LogP contribution in [0.4, 0.5) is 18.9 Å². The van der Waals surface area contributed by atoms with Crippen molar-refractivity contribution >= 4 is 17.5 Å². The Balaban J connectivity index is 1.77. The van der Waals surface area contributed by atoms with Gasteiger partial charge in [0.2, 0.25) is 5.91 Å². The Morgan fingerprint density at radius 3 is 2.21 bits per heavy atom. The fourth-order valence-electron chi connectivity index (χ4n) is 3.27. The van der Waals surface area contributed by atoms with Gasteiger partial charge >= 0.3 is 6.18 Å². The molecule has 0 bridgehead atoms. The summed E-state index contributed by atoms with van der Waals surface area (Å²) in [5.41, 5.74) is 2.29. The standard InChI is InChI=1S/C21H21F3N2O2/c1-13-4-9-18(12-14(13)2)26-11-10-25(15(3)19(26)27)20(28)16-5-7-17(8-6-16)21(22,23)24/h4-9,12,15H,10-11H2,1-3H3. The number of amides is 2. The van der Waals surface area contributed by atoms with Crippen LogP contribution in [0.25, 0.3) is 0 Å². The number of halogens is 3. The molecule has 148 valence electrons. The van der Waals surface area contributed by atoms with Crippen LogP contribution in [0.1, 0.15) is 34.0 Å². The molecule has 3 rings (SSSR count). The van der Waals surface area contributed by atoms with Gasteiger partial charge in [0.05, 0.1) is 5.56 Å². The first-order valence-corrected chi connectivity index (χ1v) is 8.96. The summed E-state index contributed by atoms with van der Waals surface area (Å²) < 4.78 is 38.1. The van der Waals surface area contributed by atoms with Gasteiger partial charge in [-0.2, -0.15) is 13.2 Å². The van der Waals surface area contributed by atoms with E-state index in [0.717, 1.165) is 41.1 Å². The Morgan fingerprint density at radius 1 is 1.00 bits per heavy atom. The molecule has 4 nitrogen and oxygen atoms in total. The van der Waals surface area contributed by atoms with E-state index >= 15 is 0 Å². The number of anilines is 1. The predicted molar refractivity (Wildman–Crippen MR) is 100 cm³/mol. The summed E-state index contributed by atoms with van der Waals surface area (Å²) >= 11 is 0. The van der Waals surface area contributed by atoms with Gasteiger partial charge in [-0.3, -0.25) is 9.59 Å². The monoisotopic (exact) mass is 390 g/mol. The molecule has 1 aliphatic heterocycles. The number of hydrogen-bond acceptors (Lipinski definition) is 2. The molecule has 7 heteroatoms. The van der Waals surface area contributed by atoms with Gasteiger partial charge in [0, 0.05) is 24.3 Å². The van der Waals surface area contributed by atoms with E-state index in [1.165, 1.54) is 4.90 Å². The first-order valence-electron chi connectivity index (χ1n) is 8.96. The zero-order valence-corrected chi connectivity index (χ0v) is 15.9. The highest BCUT2D eigenvalue weighted by atomic mass is 19.4. The van der Waals surface area contributed by atoms with E-state index in [1.54, 1.807) is 11.8 Å². The fourth-order valence-corrected chi connectivity index (χ4v) is 3.27. The number of nitrogens with zero attached hydrogens (tertiary/aromatic N) is 2. The number of aryl methyl sites for hydroxylation is 2. The molecule has 0 N–H and O–H groups in total. The van der Waals surface area contributed by atoms with E-state index in [9.17, 15) is 22.8 Å². The van der Waals surface area contributed by atoms with E-state index in [1.807, 2.05) is 32.0 Å². The van der Waals surface area contributed by atoms with Crippen LogP contribution in [0.5, 0.6) is 0 Å². The molecule has 2 amide bonds. The van der Waals surface area contributed by atoms with Gasteiger partial charge in [-0.1, -0.05) is 6.07 Å². The summed E-state index contributed by atoms with van der Waals surface area (Å²) in [5, 5.41) is 0. The van der Waals surface area contributed by atoms with Gasteiger partial charge in [0.1, 0.15) is 6.04 Å². The van der Waals surface area contributed by atoms with Crippen LogP contribution in [0.15, 0.2) is 42.5 Å². The van der Waals surface area contributed by atoms with E-state index in [2.05, 4.69) is 0 Å². The summed E-state index contributed by atoms with van der Waals surface area (Å²) in [6, 6.07) is 9.12. The molecule has 0 saturated carbocycles. The number of alkyl halides is 3. The zero-order chi connectivity index (χ0) is 20.6. The SMILES string of the molecule is Cc1ccc(N2CCN(C(=O)c3ccc(C(F)(F)F)cc3)C(C)C2=O)cc1C. The summed E-state index contributed by atoms with van der Waals surface area (Å²) in [5.74, 6) is -0.663. The third kappa shape index (κ3) is 3.74. The average Bonchev–Trinajstić information content (AvgIpc) is 2.65. The third-order valence-corrected chi connectivity index (χ3v) is 5.18. The van der Waals surface area contributed by atoms with Crippen LogP contribution in [0, 0.1) is 13.8 Å². The number of piperazine rings is 1. The van der Waals surface area contributed by atoms with E-state index in [4.69, 9.17) is 0 Å². The van der Waals surface area contributed by atoms with E-state index in [-0.39, 0.29) is 11.5 Å². The molecular weight excluding hydrogens is 369 g/mol. The second kappa shape index (κ2) is 7.30. The summed E-state index contributed by atoms with van der Waals surface area (Å²) in [4.78, 5) is 28.6. The van der Waals surface area contributed by atoms with Crippen LogP contribution in [-0.4, -0.2) is 35.8 Å². The van der Waals surface area contributed by atoms with Crippen molar-refractivity contribution in [3.63, 3.8) is 0 Å². The van der Waals surface area contributed by atoms with Crippen LogP contribution in [0.3, 0.4) is 0 Å².